The largest absolute Gasteiger partial charge is 0.496 e. The molecule has 3 rings (SSSR count). The van der Waals surface area contributed by atoms with Gasteiger partial charge in [0.2, 0.25) is 11.5 Å². The zero-order valence-electron chi connectivity index (χ0n) is 11.2. The Hall–Kier alpha value is -2.30. The van der Waals surface area contributed by atoms with Crippen LogP contribution in [0.3, 0.4) is 0 Å². The average Bonchev–Trinajstić information content (AvgIpc) is 3.23. The molecule has 0 aliphatic carbocycles. The lowest BCUT2D eigenvalue weighted by molar-refractivity contribution is 0.395. The summed E-state index contributed by atoms with van der Waals surface area (Å²) in [4.78, 5) is 0. The van der Waals surface area contributed by atoms with Crippen LogP contribution in [-0.2, 0) is 0 Å². The quantitative estimate of drug-likeness (QED) is 0.676. The molecule has 5 nitrogen and oxygen atoms in total. The molecule has 1 aliphatic heterocycles. The molecule has 0 fully saturated rings. The zero-order chi connectivity index (χ0) is 13.6. The van der Waals surface area contributed by atoms with Gasteiger partial charge in [-0.1, -0.05) is 0 Å². The molecule has 1 aliphatic rings. The molecule has 19 heavy (non-hydrogen) atoms. The summed E-state index contributed by atoms with van der Waals surface area (Å²) in [5, 5.41) is 1.58. The number of benzene rings is 2. The SMILES string of the molecule is COc1ccc(OC)c2c(OC)c3c(c(OC)c12)O3. The van der Waals surface area contributed by atoms with Crippen molar-refractivity contribution in [1.82, 2.24) is 0 Å². The molecule has 2 aromatic rings. The molecule has 0 bridgehead atoms. The van der Waals surface area contributed by atoms with E-state index in [9.17, 15) is 0 Å². The number of ether oxygens (including phenoxy) is 5. The predicted molar refractivity (Wildman–Crippen MR) is 70.2 cm³/mol. The monoisotopic (exact) mass is 262 g/mol. The summed E-state index contributed by atoms with van der Waals surface area (Å²) in [5.74, 6) is 4.04. The van der Waals surface area contributed by atoms with Crippen molar-refractivity contribution >= 4 is 10.8 Å². The third-order valence-corrected chi connectivity index (χ3v) is 3.21. The predicted octanol–water partition coefficient (Wildman–Crippen LogP) is 2.98. The van der Waals surface area contributed by atoms with Gasteiger partial charge in [0.05, 0.1) is 39.2 Å². The molecule has 0 amide bonds. The van der Waals surface area contributed by atoms with Gasteiger partial charge in [0, 0.05) is 0 Å². The minimum Gasteiger partial charge on any atom is -0.496 e. The van der Waals surface area contributed by atoms with E-state index in [0.717, 1.165) is 10.8 Å². The lowest BCUT2D eigenvalue weighted by Crippen LogP contribution is -1.93. The van der Waals surface area contributed by atoms with Crippen LogP contribution in [0.1, 0.15) is 0 Å². The van der Waals surface area contributed by atoms with Gasteiger partial charge >= 0.3 is 0 Å². The lowest BCUT2D eigenvalue weighted by atomic mass is 10.1. The highest BCUT2D eigenvalue weighted by Crippen LogP contribution is 2.65. The third kappa shape index (κ3) is 1.47. The van der Waals surface area contributed by atoms with Gasteiger partial charge in [0.15, 0.2) is 11.5 Å². The van der Waals surface area contributed by atoms with Crippen molar-refractivity contribution in [1.29, 1.82) is 0 Å². The first kappa shape index (κ1) is 11.8. The van der Waals surface area contributed by atoms with Gasteiger partial charge in [-0.05, 0) is 12.1 Å². The Morgan fingerprint density at radius 1 is 0.684 bits per heavy atom. The molecule has 0 saturated carbocycles. The fourth-order valence-corrected chi connectivity index (χ4v) is 2.35. The van der Waals surface area contributed by atoms with Crippen LogP contribution in [0.15, 0.2) is 12.1 Å². The molecule has 0 aromatic heterocycles. The summed E-state index contributed by atoms with van der Waals surface area (Å²) in [7, 11) is 6.42. The number of fused-ring (bicyclic) bond motifs is 2. The first-order valence-electron chi connectivity index (χ1n) is 5.77. The Balaban J connectivity index is 2.49. The summed E-state index contributed by atoms with van der Waals surface area (Å²) in [6, 6.07) is 3.66. The molecule has 1 heterocycles. The Kier molecular flexibility index (Phi) is 2.55. The van der Waals surface area contributed by atoms with Crippen molar-refractivity contribution in [2.75, 3.05) is 28.4 Å². The van der Waals surface area contributed by atoms with Crippen molar-refractivity contribution in [3.63, 3.8) is 0 Å². The number of hydrogen-bond acceptors (Lipinski definition) is 5. The van der Waals surface area contributed by atoms with Gasteiger partial charge in [0.1, 0.15) is 11.5 Å². The summed E-state index contributed by atoms with van der Waals surface area (Å²) in [6.07, 6.45) is 0. The second kappa shape index (κ2) is 4.12. The maximum Gasteiger partial charge on any atom is 0.216 e. The molecular formula is C14H14O5. The molecule has 2 aromatic carbocycles. The summed E-state index contributed by atoms with van der Waals surface area (Å²) >= 11 is 0. The normalized spacial score (nSPS) is 11.6. The highest BCUT2D eigenvalue weighted by molar-refractivity contribution is 6.08. The van der Waals surface area contributed by atoms with Crippen molar-refractivity contribution in [3.8, 4) is 34.5 Å². The van der Waals surface area contributed by atoms with E-state index in [4.69, 9.17) is 23.7 Å². The van der Waals surface area contributed by atoms with Gasteiger partial charge in [-0.25, -0.2) is 0 Å². The van der Waals surface area contributed by atoms with Crippen LogP contribution in [-0.4, -0.2) is 28.4 Å². The van der Waals surface area contributed by atoms with Gasteiger partial charge in [-0.2, -0.15) is 0 Å². The van der Waals surface area contributed by atoms with Gasteiger partial charge < -0.3 is 23.7 Å². The second-order valence-corrected chi connectivity index (χ2v) is 4.05. The molecule has 0 N–H and O–H groups in total. The van der Waals surface area contributed by atoms with Gasteiger partial charge in [-0.15, -0.1) is 0 Å². The summed E-state index contributed by atoms with van der Waals surface area (Å²) in [5.41, 5.74) is 0. The Morgan fingerprint density at radius 3 is 1.42 bits per heavy atom. The van der Waals surface area contributed by atoms with Crippen LogP contribution in [0.25, 0.3) is 10.8 Å². The van der Waals surface area contributed by atoms with E-state index in [2.05, 4.69) is 0 Å². The fourth-order valence-electron chi connectivity index (χ4n) is 2.35. The molecule has 0 saturated heterocycles. The van der Waals surface area contributed by atoms with Crippen molar-refractivity contribution in [2.45, 2.75) is 0 Å². The lowest BCUT2D eigenvalue weighted by Gasteiger charge is -2.13. The van der Waals surface area contributed by atoms with Crippen LogP contribution in [0.2, 0.25) is 0 Å². The second-order valence-electron chi connectivity index (χ2n) is 4.05. The van der Waals surface area contributed by atoms with Crippen molar-refractivity contribution in [3.05, 3.63) is 12.1 Å². The van der Waals surface area contributed by atoms with Crippen molar-refractivity contribution in [2.24, 2.45) is 0 Å². The highest BCUT2D eigenvalue weighted by Gasteiger charge is 2.37. The smallest absolute Gasteiger partial charge is 0.216 e. The van der Waals surface area contributed by atoms with Gasteiger partial charge in [-0.3, -0.25) is 0 Å². The minimum atomic E-state index is 0.640. The highest BCUT2D eigenvalue weighted by atomic mass is 16.6. The summed E-state index contributed by atoms with van der Waals surface area (Å²) < 4.78 is 27.1. The number of rotatable bonds is 4. The van der Waals surface area contributed by atoms with E-state index in [1.807, 2.05) is 12.1 Å². The van der Waals surface area contributed by atoms with E-state index in [1.54, 1.807) is 28.4 Å². The van der Waals surface area contributed by atoms with Crippen molar-refractivity contribution < 1.29 is 23.7 Å². The van der Waals surface area contributed by atoms with Crippen LogP contribution < -0.4 is 23.7 Å². The average molecular weight is 262 g/mol. The van der Waals surface area contributed by atoms with E-state index in [1.165, 1.54) is 0 Å². The van der Waals surface area contributed by atoms with Crippen LogP contribution in [0, 0.1) is 0 Å². The molecule has 0 radical (unpaired) electrons. The Bertz CT molecular complexity index is 606. The zero-order valence-corrected chi connectivity index (χ0v) is 11.2. The molecule has 5 heteroatoms. The van der Waals surface area contributed by atoms with E-state index >= 15 is 0 Å². The molecule has 0 unspecified atom stereocenters. The number of hydrogen-bond donors (Lipinski definition) is 0. The van der Waals surface area contributed by atoms with E-state index < -0.39 is 0 Å². The summed E-state index contributed by atoms with van der Waals surface area (Å²) in [6.45, 7) is 0. The van der Waals surface area contributed by atoms with E-state index in [-0.39, 0.29) is 0 Å². The topological polar surface area (TPSA) is 49.5 Å². The Labute approximate surface area is 110 Å². The van der Waals surface area contributed by atoms with Crippen LogP contribution in [0.4, 0.5) is 0 Å². The molecular weight excluding hydrogens is 248 g/mol. The van der Waals surface area contributed by atoms with Crippen LogP contribution in [0.5, 0.6) is 34.5 Å². The fraction of sp³-hybridized carbons (Fsp3) is 0.286. The molecule has 0 atom stereocenters. The maximum atomic E-state index is 5.46. The first-order chi connectivity index (χ1) is 9.26. The standard InChI is InChI=1S/C14H14O5/c1-15-7-5-6-8(16-2)10-9(7)11(17-3)13-14(19-13)12(10)18-4/h5-6H,1-4H3. The number of methoxy groups -OCH3 is 4. The van der Waals surface area contributed by atoms with E-state index in [0.29, 0.717) is 34.5 Å². The molecule has 0 spiro atoms. The van der Waals surface area contributed by atoms with Gasteiger partial charge in [0.25, 0.3) is 0 Å². The molecule has 100 valence electrons. The first-order valence-corrected chi connectivity index (χ1v) is 5.77. The Morgan fingerprint density at radius 2 is 1.11 bits per heavy atom. The maximum absolute atomic E-state index is 5.46. The third-order valence-electron chi connectivity index (χ3n) is 3.21. The van der Waals surface area contributed by atoms with Crippen LogP contribution >= 0.6 is 0 Å². The minimum absolute atomic E-state index is 0.640.